The van der Waals surface area contributed by atoms with Crippen molar-refractivity contribution in [2.45, 2.75) is 18.9 Å². The van der Waals surface area contributed by atoms with Crippen LogP contribution in [0.4, 0.5) is 26.3 Å². The Morgan fingerprint density at radius 1 is 0.727 bits per heavy atom. The minimum atomic E-state index is -4.50. The summed E-state index contributed by atoms with van der Waals surface area (Å²) in [5.41, 5.74) is 4.76. The molecular weight excluding hydrogens is 308 g/mol. The summed E-state index contributed by atoms with van der Waals surface area (Å²) in [6, 6.07) is 7.20. The average molecular weight is 319 g/mol. The maximum absolute atomic E-state index is 12.7. The topological polar surface area (TPSA) is 26.0 Å². The third kappa shape index (κ3) is 3.41. The zero-order chi connectivity index (χ0) is 16.5. The average Bonchev–Trinajstić information content (AvgIpc) is 2.45. The van der Waals surface area contributed by atoms with Gasteiger partial charge in [-0.2, -0.15) is 26.3 Å². The van der Waals surface area contributed by atoms with E-state index in [1.807, 2.05) is 0 Å². The van der Waals surface area contributed by atoms with E-state index in [0.717, 1.165) is 24.3 Å². The van der Waals surface area contributed by atoms with E-state index in [1.54, 1.807) is 0 Å². The Morgan fingerprint density at radius 2 is 1.23 bits per heavy atom. The van der Waals surface area contributed by atoms with Crippen molar-refractivity contribution in [2.75, 3.05) is 0 Å². The highest BCUT2D eigenvalue weighted by molar-refractivity contribution is 5.68. The highest BCUT2D eigenvalue weighted by Gasteiger charge is 2.31. The van der Waals surface area contributed by atoms with Gasteiger partial charge in [-0.1, -0.05) is 18.2 Å². The lowest BCUT2D eigenvalue weighted by molar-refractivity contribution is -0.138. The Bertz CT molecular complexity index is 655. The van der Waals surface area contributed by atoms with Crippen LogP contribution in [0, 0.1) is 0 Å². The summed E-state index contributed by atoms with van der Waals surface area (Å²) in [4.78, 5) is 0. The summed E-state index contributed by atoms with van der Waals surface area (Å²) < 4.78 is 75.5. The number of halogens is 6. The number of nitrogens with two attached hydrogens (primary N) is 1. The highest BCUT2D eigenvalue weighted by atomic mass is 19.4. The van der Waals surface area contributed by atoms with Crippen LogP contribution in [0.3, 0.4) is 0 Å². The van der Waals surface area contributed by atoms with Crippen molar-refractivity contribution in [1.82, 2.24) is 0 Å². The smallest absolute Gasteiger partial charge is 0.326 e. The second-order valence-corrected chi connectivity index (χ2v) is 4.65. The van der Waals surface area contributed by atoms with Gasteiger partial charge >= 0.3 is 12.4 Å². The molecule has 0 aliphatic rings. The van der Waals surface area contributed by atoms with Crippen molar-refractivity contribution in [2.24, 2.45) is 5.73 Å². The van der Waals surface area contributed by atoms with E-state index < -0.39 is 23.5 Å². The Hall–Kier alpha value is -2.02. The first-order valence-corrected chi connectivity index (χ1v) is 6.21. The SMILES string of the molecule is NCc1cc(C(F)(F)F)ccc1-c1ccc(C(F)(F)F)cc1. The minimum Gasteiger partial charge on any atom is -0.326 e. The molecule has 0 aliphatic heterocycles. The van der Waals surface area contributed by atoms with Gasteiger partial charge in [-0.25, -0.2) is 0 Å². The molecule has 1 nitrogen and oxygen atoms in total. The number of benzene rings is 2. The number of hydrogen-bond donors (Lipinski definition) is 1. The predicted molar refractivity (Wildman–Crippen MR) is 69.8 cm³/mol. The number of rotatable bonds is 2. The molecule has 0 unspecified atom stereocenters. The standard InChI is InChI=1S/C15H11F6N/c16-14(17,18)11-3-1-9(2-4-11)13-6-5-12(15(19,20)21)7-10(13)8-22/h1-7H,8,22H2. The van der Waals surface area contributed by atoms with E-state index >= 15 is 0 Å². The van der Waals surface area contributed by atoms with Crippen LogP contribution in [-0.2, 0) is 18.9 Å². The predicted octanol–water partition coefficient (Wildman–Crippen LogP) is 4.85. The van der Waals surface area contributed by atoms with Crippen molar-refractivity contribution < 1.29 is 26.3 Å². The van der Waals surface area contributed by atoms with Gasteiger partial charge in [0.2, 0.25) is 0 Å². The molecule has 0 bridgehead atoms. The molecule has 0 aliphatic carbocycles. The molecule has 118 valence electrons. The van der Waals surface area contributed by atoms with E-state index in [1.165, 1.54) is 18.2 Å². The van der Waals surface area contributed by atoms with Crippen LogP contribution < -0.4 is 5.73 Å². The van der Waals surface area contributed by atoms with Gasteiger partial charge in [0.15, 0.2) is 0 Å². The van der Waals surface area contributed by atoms with Gasteiger partial charge in [-0.15, -0.1) is 0 Å². The summed E-state index contributed by atoms with van der Waals surface area (Å²) in [6.07, 6.45) is -8.96. The molecule has 0 aromatic heterocycles. The molecule has 2 aromatic carbocycles. The first-order valence-electron chi connectivity index (χ1n) is 6.21. The fourth-order valence-corrected chi connectivity index (χ4v) is 2.06. The van der Waals surface area contributed by atoms with Crippen LogP contribution in [0.15, 0.2) is 42.5 Å². The maximum atomic E-state index is 12.7. The zero-order valence-corrected chi connectivity index (χ0v) is 11.1. The van der Waals surface area contributed by atoms with Crippen LogP contribution >= 0.6 is 0 Å². The molecule has 0 atom stereocenters. The van der Waals surface area contributed by atoms with E-state index in [4.69, 9.17) is 5.73 Å². The van der Waals surface area contributed by atoms with Gasteiger partial charge in [0.05, 0.1) is 11.1 Å². The van der Waals surface area contributed by atoms with Gasteiger partial charge in [0.25, 0.3) is 0 Å². The molecule has 2 rings (SSSR count). The molecule has 0 heterocycles. The van der Waals surface area contributed by atoms with Gasteiger partial charge < -0.3 is 5.73 Å². The van der Waals surface area contributed by atoms with E-state index in [0.29, 0.717) is 11.1 Å². The van der Waals surface area contributed by atoms with Crippen molar-refractivity contribution in [3.05, 3.63) is 59.2 Å². The maximum Gasteiger partial charge on any atom is 0.416 e. The third-order valence-electron chi connectivity index (χ3n) is 3.18. The Balaban J connectivity index is 2.44. The Kier molecular flexibility index (Phi) is 4.19. The van der Waals surface area contributed by atoms with E-state index in [2.05, 4.69) is 0 Å². The monoisotopic (exact) mass is 319 g/mol. The summed E-state index contributed by atoms with van der Waals surface area (Å²) in [6.45, 7) is -0.153. The second kappa shape index (κ2) is 5.64. The first-order chi connectivity index (χ1) is 10.1. The lowest BCUT2D eigenvalue weighted by Gasteiger charge is -2.13. The van der Waals surface area contributed by atoms with Crippen molar-refractivity contribution in [3.8, 4) is 11.1 Å². The van der Waals surface area contributed by atoms with Crippen molar-refractivity contribution >= 4 is 0 Å². The van der Waals surface area contributed by atoms with Crippen LogP contribution in [0.2, 0.25) is 0 Å². The lowest BCUT2D eigenvalue weighted by Crippen LogP contribution is -2.08. The van der Waals surface area contributed by atoms with Gasteiger partial charge in [-0.05, 0) is 41.0 Å². The quantitative estimate of drug-likeness (QED) is 0.787. The van der Waals surface area contributed by atoms with Crippen LogP contribution in [-0.4, -0.2) is 0 Å². The highest BCUT2D eigenvalue weighted by Crippen LogP contribution is 2.35. The molecule has 0 saturated heterocycles. The molecular formula is C15H11F6N. The molecule has 2 N–H and O–H groups in total. The third-order valence-corrected chi connectivity index (χ3v) is 3.18. The number of hydrogen-bond acceptors (Lipinski definition) is 1. The molecule has 0 amide bonds. The summed E-state index contributed by atoms with van der Waals surface area (Å²) in [7, 11) is 0. The van der Waals surface area contributed by atoms with Gasteiger partial charge in [0.1, 0.15) is 0 Å². The second-order valence-electron chi connectivity index (χ2n) is 4.65. The molecule has 0 radical (unpaired) electrons. The fourth-order valence-electron chi connectivity index (χ4n) is 2.06. The molecule has 2 aromatic rings. The van der Waals surface area contributed by atoms with Gasteiger partial charge in [0, 0.05) is 6.54 Å². The summed E-state index contributed by atoms with van der Waals surface area (Å²) >= 11 is 0. The molecule has 0 saturated carbocycles. The largest absolute Gasteiger partial charge is 0.416 e. The van der Waals surface area contributed by atoms with Crippen molar-refractivity contribution in [3.63, 3.8) is 0 Å². The first kappa shape index (κ1) is 16.4. The van der Waals surface area contributed by atoms with Crippen LogP contribution in [0.25, 0.3) is 11.1 Å². The summed E-state index contributed by atoms with van der Waals surface area (Å²) in [5, 5.41) is 0. The fraction of sp³-hybridized carbons (Fsp3) is 0.200. The molecule has 0 fully saturated rings. The van der Waals surface area contributed by atoms with Crippen LogP contribution in [0.5, 0.6) is 0 Å². The van der Waals surface area contributed by atoms with E-state index in [-0.39, 0.29) is 12.1 Å². The molecule has 22 heavy (non-hydrogen) atoms. The number of alkyl halides is 6. The summed E-state index contributed by atoms with van der Waals surface area (Å²) in [5.74, 6) is 0. The molecule has 0 spiro atoms. The Labute approximate surface area is 122 Å². The van der Waals surface area contributed by atoms with Crippen LogP contribution in [0.1, 0.15) is 16.7 Å². The zero-order valence-electron chi connectivity index (χ0n) is 11.1. The van der Waals surface area contributed by atoms with Gasteiger partial charge in [-0.3, -0.25) is 0 Å². The van der Waals surface area contributed by atoms with Crippen molar-refractivity contribution in [1.29, 1.82) is 0 Å². The normalized spacial score (nSPS) is 12.5. The lowest BCUT2D eigenvalue weighted by atomic mass is 9.96. The Morgan fingerprint density at radius 3 is 1.68 bits per heavy atom. The molecule has 7 heteroatoms. The minimum absolute atomic E-state index is 0.153. The van der Waals surface area contributed by atoms with E-state index in [9.17, 15) is 26.3 Å².